The van der Waals surface area contributed by atoms with Crippen LogP contribution in [-0.4, -0.2) is 13.1 Å². The Bertz CT molecular complexity index is 1210. The van der Waals surface area contributed by atoms with Crippen molar-refractivity contribution < 1.29 is 9.53 Å². The maximum atomic E-state index is 12.2. The summed E-state index contributed by atoms with van der Waals surface area (Å²) in [7, 11) is 1.38. The summed E-state index contributed by atoms with van der Waals surface area (Å²) >= 11 is 4.75. The number of esters is 1. The lowest BCUT2D eigenvalue weighted by Crippen LogP contribution is -2.01. The van der Waals surface area contributed by atoms with Crippen LogP contribution in [-0.2, 0) is 4.74 Å². The number of methoxy groups -OCH3 is 1. The molecule has 30 heavy (non-hydrogen) atoms. The fraction of sp³-hybridized carbons (Fsp3) is 0.125. The zero-order chi connectivity index (χ0) is 21.3. The van der Waals surface area contributed by atoms with Gasteiger partial charge in [-0.2, -0.15) is 0 Å². The molecule has 3 aromatic carbocycles. The summed E-state index contributed by atoms with van der Waals surface area (Å²) in [4.78, 5) is 17.1. The fourth-order valence-electron chi connectivity index (χ4n) is 3.05. The van der Waals surface area contributed by atoms with Crippen LogP contribution in [0.25, 0.3) is 10.1 Å². The number of hydrogen-bond acceptors (Lipinski definition) is 6. The number of aryl methyl sites for hydroxylation is 2. The van der Waals surface area contributed by atoms with E-state index in [9.17, 15) is 4.79 Å². The van der Waals surface area contributed by atoms with E-state index in [0.29, 0.717) is 10.6 Å². The van der Waals surface area contributed by atoms with E-state index >= 15 is 0 Å². The standard InChI is InChI=1S/C24H21NO2S3/c1-14-4-8-16(9-5-14)28-18-12-19(29-17-10-6-15(2)7-11-17)21-20(13-18)30-23(22(21)25)24(26)27-3/h4-13H,25H2,1-3H3. The second-order valence-electron chi connectivity index (χ2n) is 6.96. The smallest absolute Gasteiger partial charge is 0.350 e. The molecular formula is C24H21NO2S3. The van der Waals surface area contributed by atoms with E-state index in [1.807, 2.05) is 0 Å². The van der Waals surface area contributed by atoms with Crippen molar-refractivity contribution in [3.8, 4) is 0 Å². The first-order valence-corrected chi connectivity index (χ1v) is 11.8. The fourth-order valence-corrected chi connectivity index (χ4v) is 6.30. The Balaban J connectivity index is 1.82. The van der Waals surface area contributed by atoms with Crippen LogP contribution >= 0.6 is 34.9 Å². The highest BCUT2D eigenvalue weighted by atomic mass is 32.2. The van der Waals surface area contributed by atoms with Gasteiger partial charge in [-0.1, -0.05) is 58.9 Å². The molecule has 0 radical (unpaired) electrons. The van der Waals surface area contributed by atoms with Crippen LogP contribution in [0.15, 0.2) is 80.2 Å². The molecule has 0 bridgehead atoms. The Morgan fingerprint density at radius 3 is 2.00 bits per heavy atom. The minimum Gasteiger partial charge on any atom is -0.465 e. The third kappa shape index (κ3) is 4.36. The number of nitrogen functional groups attached to an aromatic ring is 1. The highest BCUT2D eigenvalue weighted by Crippen LogP contribution is 2.45. The summed E-state index contributed by atoms with van der Waals surface area (Å²) in [5.41, 5.74) is 9.35. The topological polar surface area (TPSA) is 52.3 Å². The lowest BCUT2D eigenvalue weighted by Gasteiger charge is -2.09. The number of nitrogens with two attached hydrogens (primary N) is 1. The molecule has 4 aromatic rings. The quantitative estimate of drug-likeness (QED) is 0.325. The van der Waals surface area contributed by atoms with E-state index < -0.39 is 5.97 Å². The summed E-state index contributed by atoms with van der Waals surface area (Å²) in [5.74, 6) is -0.396. The van der Waals surface area contributed by atoms with Gasteiger partial charge in [0.1, 0.15) is 4.88 Å². The second-order valence-corrected chi connectivity index (χ2v) is 10.3. The number of carbonyl (C=O) groups excluding carboxylic acids is 1. The molecule has 1 aromatic heterocycles. The number of rotatable bonds is 5. The van der Waals surface area contributed by atoms with Crippen molar-refractivity contribution in [1.29, 1.82) is 0 Å². The molecule has 0 amide bonds. The van der Waals surface area contributed by atoms with Crippen LogP contribution in [0.2, 0.25) is 0 Å². The molecule has 6 heteroatoms. The number of hydrogen-bond donors (Lipinski definition) is 1. The lowest BCUT2D eigenvalue weighted by molar-refractivity contribution is 0.0607. The molecule has 0 aliphatic heterocycles. The summed E-state index contributed by atoms with van der Waals surface area (Å²) in [6, 6.07) is 21.1. The van der Waals surface area contributed by atoms with Gasteiger partial charge in [-0.05, 0) is 50.2 Å². The van der Waals surface area contributed by atoms with Gasteiger partial charge in [0, 0.05) is 29.7 Å². The third-order valence-corrected chi connectivity index (χ3v) is 7.80. The normalized spacial score (nSPS) is 11.0. The Labute approximate surface area is 188 Å². The second kappa shape index (κ2) is 8.76. The lowest BCUT2D eigenvalue weighted by atomic mass is 10.2. The van der Waals surface area contributed by atoms with Crippen molar-refractivity contribution in [1.82, 2.24) is 0 Å². The molecular weight excluding hydrogens is 430 g/mol. The Kier molecular flexibility index (Phi) is 6.09. The average molecular weight is 452 g/mol. The first-order chi connectivity index (χ1) is 14.4. The van der Waals surface area contributed by atoms with Crippen LogP contribution in [0.1, 0.15) is 20.8 Å². The van der Waals surface area contributed by atoms with E-state index in [4.69, 9.17) is 10.5 Å². The van der Waals surface area contributed by atoms with E-state index in [0.717, 1.165) is 24.8 Å². The van der Waals surface area contributed by atoms with E-state index in [1.165, 1.54) is 34.5 Å². The number of thiophene rings is 1. The maximum absolute atomic E-state index is 12.2. The van der Waals surface area contributed by atoms with Crippen LogP contribution in [0.4, 0.5) is 5.69 Å². The third-order valence-electron chi connectivity index (χ3n) is 4.64. The predicted molar refractivity (Wildman–Crippen MR) is 128 cm³/mol. The van der Waals surface area contributed by atoms with Gasteiger partial charge in [-0.25, -0.2) is 4.79 Å². The van der Waals surface area contributed by atoms with Crippen LogP contribution in [0.3, 0.4) is 0 Å². The molecule has 0 aliphatic carbocycles. The van der Waals surface area contributed by atoms with Gasteiger partial charge in [0.05, 0.1) is 12.8 Å². The van der Waals surface area contributed by atoms with Gasteiger partial charge >= 0.3 is 5.97 Å². The molecule has 0 fully saturated rings. The number of fused-ring (bicyclic) bond motifs is 1. The largest absolute Gasteiger partial charge is 0.465 e. The molecule has 0 atom stereocenters. The Morgan fingerprint density at radius 1 is 0.867 bits per heavy atom. The number of ether oxygens (including phenoxy) is 1. The Morgan fingerprint density at radius 2 is 1.43 bits per heavy atom. The average Bonchev–Trinajstić information content (AvgIpc) is 3.07. The summed E-state index contributed by atoms with van der Waals surface area (Å²) < 4.78 is 5.92. The minimum atomic E-state index is -0.396. The molecule has 152 valence electrons. The first-order valence-electron chi connectivity index (χ1n) is 9.38. The highest BCUT2D eigenvalue weighted by Gasteiger charge is 2.20. The maximum Gasteiger partial charge on any atom is 0.350 e. The summed E-state index contributed by atoms with van der Waals surface area (Å²) in [6.07, 6.45) is 0. The van der Waals surface area contributed by atoms with Crippen molar-refractivity contribution in [2.45, 2.75) is 33.4 Å². The van der Waals surface area contributed by atoms with E-state index in [2.05, 4.69) is 74.5 Å². The van der Waals surface area contributed by atoms with Gasteiger partial charge in [0.15, 0.2) is 0 Å². The van der Waals surface area contributed by atoms with Gasteiger partial charge in [-0.3, -0.25) is 0 Å². The van der Waals surface area contributed by atoms with Gasteiger partial charge in [-0.15, -0.1) is 11.3 Å². The van der Waals surface area contributed by atoms with E-state index in [-0.39, 0.29) is 0 Å². The molecule has 1 heterocycles. The molecule has 0 aliphatic rings. The predicted octanol–water partition coefficient (Wildman–Crippen LogP) is 7.19. The Hall–Kier alpha value is -2.41. The SMILES string of the molecule is COC(=O)c1sc2cc(Sc3ccc(C)cc3)cc(Sc3ccc(C)cc3)c2c1N. The highest BCUT2D eigenvalue weighted by molar-refractivity contribution is 8.00. The number of benzene rings is 3. The molecule has 0 saturated heterocycles. The van der Waals surface area contributed by atoms with Crippen molar-refractivity contribution in [3.05, 3.63) is 76.7 Å². The molecule has 2 N–H and O–H groups in total. The number of carbonyl (C=O) groups is 1. The van der Waals surface area contributed by atoms with Crippen molar-refractivity contribution in [2.24, 2.45) is 0 Å². The van der Waals surface area contributed by atoms with Crippen molar-refractivity contribution in [2.75, 3.05) is 12.8 Å². The zero-order valence-electron chi connectivity index (χ0n) is 16.9. The van der Waals surface area contributed by atoms with Crippen LogP contribution in [0, 0.1) is 13.8 Å². The monoisotopic (exact) mass is 451 g/mol. The van der Waals surface area contributed by atoms with Gasteiger partial charge in [0.25, 0.3) is 0 Å². The summed E-state index contributed by atoms with van der Waals surface area (Å²) in [5, 5.41) is 0.916. The molecule has 0 saturated carbocycles. The first kappa shape index (κ1) is 20.8. The molecule has 0 spiro atoms. The minimum absolute atomic E-state index is 0.396. The van der Waals surface area contributed by atoms with Crippen LogP contribution in [0.5, 0.6) is 0 Å². The van der Waals surface area contributed by atoms with Crippen molar-refractivity contribution in [3.63, 3.8) is 0 Å². The number of anilines is 1. The van der Waals surface area contributed by atoms with E-state index in [1.54, 1.807) is 23.5 Å². The van der Waals surface area contributed by atoms with Crippen molar-refractivity contribution >= 4 is 56.6 Å². The van der Waals surface area contributed by atoms with Gasteiger partial charge < -0.3 is 10.5 Å². The molecule has 3 nitrogen and oxygen atoms in total. The summed E-state index contributed by atoms with van der Waals surface area (Å²) in [6.45, 7) is 4.16. The van der Waals surface area contributed by atoms with Crippen LogP contribution < -0.4 is 5.73 Å². The zero-order valence-corrected chi connectivity index (χ0v) is 19.3. The molecule has 0 unspecified atom stereocenters. The van der Waals surface area contributed by atoms with Gasteiger partial charge in [0.2, 0.25) is 0 Å². The molecule has 4 rings (SSSR count).